The quantitative estimate of drug-likeness (QED) is 0.450. The summed E-state index contributed by atoms with van der Waals surface area (Å²) in [5.74, 6) is 2.01. The van der Waals surface area contributed by atoms with Crippen molar-refractivity contribution < 1.29 is 9.47 Å². The van der Waals surface area contributed by atoms with Crippen molar-refractivity contribution in [3.05, 3.63) is 52.7 Å². The predicted octanol–water partition coefficient (Wildman–Crippen LogP) is 3.32. The largest absolute Gasteiger partial charge is 0.473 e. The van der Waals surface area contributed by atoms with E-state index in [1.54, 1.807) is 13.1 Å². The molecule has 6 rings (SSSR count). The maximum atomic E-state index is 11.7. The van der Waals surface area contributed by atoms with Crippen molar-refractivity contribution in [3.8, 4) is 5.88 Å². The maximum absolute atomic E-state index is 11.7. The molecule has 1 saturated carbocycles. The number of hydrogen-bond donors (Lipinski definition) is 2. The number of aryl methyl sites for hydroxylation is 1. The molecule has 2 fully saturated rings. The number of nitrogens with zero attached hydrogens (tertiary/aromatic N) is 6. The van der Waals surface area contributed by atoms with E-state index in [0.29, 0.717) is 11.8 Å². The third-order valence-corrected chi connectivity index (χ3v) is 8.05. The zero-order valence-electron chi connectivity index (χ0n) is 22.8. The lowest BCUT2D eigenvalue weighted by Crippen LogP contribution is -2.36. The first-order valence-electron chi connectivity index (χ1n) is 14.2. The third kappa shape index (κ3) is 5.65. The Hall–Kier alpha value is -3.44. The predicted molar refractivity (Wildman–Crippen MR) is 148 cm³/mol. The van der Waals surface area contributed by atoms with E-state index in [4.69, 9.17) is 14.6 Å². The van der Waals surface area contributed by atoms with Crippen LogP contribution in [0, 0.1) is 5.92 Å². The summed E-state index contributed by atoms with van der Waals surface area (Å²) in [6, 6.07) is 5.57. The second kappa shape index (κ2) is 11.4. The van der Waals surface area contributed by atoms with Gasteiger partial charge in [-0.25, -0.2) is 15.1 Å². The highest BCUT2D eigenvalue weighted by Gasteiger charge is 2.30. The van der Waals surface area contributed by atoms with Crippen molar-refractivity contribution in [3.63, 3.8) is 0 Å². The number of ether oxygens (including phenoxy) is 2. The molecule has 2 aliphatic heterocycles. The first kappa shape index (κ1) is 25.8. The highest BCUT2D eigenvalue weighted by Crippen LogP contribution is 2.36. The lowest BCUT2D eigenvalue weighted by atomic mass is 9.93. The van der Waals surface area contributed by atoms with Crippen LogP contribution in [0.2, 0.25) is 0 Å². The maximum Gasteiger partial charge on any atom is 0.266 e. The molecular formula is C28H38N8O3. The Morgan fingerprint density at radius 3 is 2.72 bits per heavy atom. The Labute approximate surface area is 228 Å². The van der Waals surface area contributed by atoms with Gasteiger partial charge < -0.3 is 19.8 Å². The van der Waals surface area contributed by atoms with E-state index < -0.39 is 0 Å². The van der Waals surface area contributed by atoms with Gasteiger partial charge in [-0.3, -0.25) is 9.48 Å². The number of nitrogens with one attached hydrogen (secondary N) is 2. The van der Waals surface area contributed by atoms with Gasteiger partial charge in [0.25, 0.3) is 5.56 Å². The van der Waals surface area contributed by atoms with Crippen LogP contribution in [0.1, 0.15) is 63.2 Å². The Morgan fingerprint density at radius 2 is 1.95 bits per heavy atom. The average molecular weight is 535 g/mol. The smallest absolute Gasteiger partial charge is 0.266 e. The molecule has 11 heteroatoms. The standard InChI is InChI=1S/C28H38N8O3/c1-3-29-25-16-24-22(17-30-25)28(23-10-13-35(31-23)18-19-11-14-38-15-12-19)33-36(24)20-4-6-21(7-5-20)39-26-8-9-27(37)34(2)32-26/h8-10,13,16-17,19-21,23,31H,3-7,11-12,14-15,18H2,1-2H3,(H,29,30). The number of rotatable bonds is 8. The van der Waals surface area contributed by atoms with Crippen molar-refractivity contribution in [1.29, 1.82) is 0 Å². The van der Waals surface area contributed by atoms with Gasteiger partial charge in [-0.05, 0) is 57.4 Å². The summed E-state index contributed by atoms with van der Waals surface area (Å²) in [7, 11) is 1.64. The van der Waals surface area contributed by atoms with E-state index in [1.807, 2.05) is 6.20 Å². The first-order valence-corrected chi connectivity index (χ1v) is 14.2. The summed E-state index contributed by atoms with van der Waals surface area (Å²) in [5.41, 5.74) is 5.64. The molecule has 39 heavy (non-hydrogen) atoms. The molecule has 1 atom stereocenters. The van der Waals surface area contributed by atoms with Gasteiger partial charge in [-0.15, -0.1) is 5.10 Å². The lowest BCUT2D eigenvalue weighted by Gasteiger charge is -2.29. The SMILES string of the molecule is CCNc1cc2c(cn1)c(C1C=CN(CC3CCOCC3)N1)nn2C1CCC(Oc2ccc(=O)n(C)n2)CC1. The summed E-state index contributed by atoms with van der Waals surface area (Å²) in [5, 5.41) is 16.1. The minimum Gasteiger partial charge on any atom is -0.473 e. The molecule has 1 unspecified atom stereocenters. The second-order valence-corrected chi connectivity index (χ2v) is 10.8. The van der Waals surface area contributed by atoms with E-state index in [2.05, 4.69) is 55.8 Å². The minimum absolute atomic E-state index is 0.0100. The number of anilines is 1. The van der Waals surface area contributed by atoms with Crippen LogP contribution in [0.15, 0.2) is 41.5 Å². The van der Waals surface area contributed by atoms with E-state index in [1.165, 1.54) is 10.7 Å². The molecule has 3 aromatic rings. The lowest BCUT2D eigenvalue weighted by molar-refractivity contribution is 0.0530. The van der Waals surface area contributed by atoms with Crippen LogP contribution < -0.4 is 21.0 Å². The van der Waals surface area contributed by atoms with Crippen LogP contribution in [0.4, 0.5) is 5.82 Å². The summed E-state index contributed by atoms with van der Waals surface area (Å²) >= 11 is 0. The highest BCUT2D eigenvalue weighted by atomic mass is 16.5. The molecule has 1 saturated heterocycles. The van der Waals surface area contributed by atoms with Crippen LogP contribution in [0.3, 0.4) is 0 Å². The Bertz CT molecular complexity index is 1370. The number of hydrazine groups is 1. The fraction of sp³-hybridized carbons (Fsp3) is 0.571. The van der Waals surface area contributed by atoms with Gasteiger partial charge in [0, 0.05) is 69.3 Å². The molecule has 0 radical (unpaired) electrons. The van der Waals surface area contributed by atoms with Crippen LogP contribution in [-0.2, 0) is 11.8 Å². The molecular weight excluding hydrogens is 496 g/mol. The van der Waals surface area contributed by atoms with Gasteiger partial charge in [0.2, 0.25) is 5.88 Å². The monoisotopic (exact) mass is 534 g/mol. The van der Waals surface area contributed by atoms with Crippen molar-refractivity contribution in [2.24, 2.45) is 13.0 Å². The van der Waals surface area contributed by atoms with Crippen molar-refractivity contribution >= 4 is 16.7 Å². The third-order valence-electron chi connectivity index (χ3n) is 8.05. The molecule has 3 aliphatic rings. The average Bonchev–Trinajstić information content (AvgIpc) is 3.56. The Morgan fingerprint density at radius 1 is 1.13 bits per heavy atom. The van der Waals surface area contributed by atoms with Crippen LogP contribution in [-0.4, -0.2) is 62.0 Å². The minimum atomic E-state index is -0.142. The topological polar surface area (TPSA) is 111 Å². The molecule has 0 bridgehead atoms. The van der Waals surface area contributed by atoms with E-state index in [0.717, 1.165) is 87.2 Å². The zero-order chi connectivity index (χ0) is 26.8. The summed E-state index contributed by atoms with van der Waals surface area (Å²) in [6.45, 7) is 5.58. The number of fused-ring (bicyclic) bond motifs is 1. The Balaban J connectivity index is 1.18. The Kier molecular flexibility index (Phi) is 7.51. The van der Waals surface area contributed by atoms with E-state index in [-0.39, 0.29) is 23.7 Å². The fourth-order valence-electron chi connectivity index (χ4n) is 5.89. The highest BCUT2D eigenvalue weighted by molar-refractivity contribution is 5.84. The molecule has 11 nitrogen and oxygen atoms in total. The summed E-state index contributed by atoms with van der Waals surface area (Å²) < 4.78 is 15.2. The molecule has 1 aliphatic carbocycles. The van der Waals surface area contributed by atoms with Crippen molar-refractivity contribution in [2.45, 2.75) is 63.6 Å². The molecule has 0 spiro atoms. The van der Waals surface area contributed by atoms with E-state index in [9.17, 15) is 4.79 Å². The van der Waals surface area contributed by atoms with Crippen LogP contribution >= 0.6 is 0 Å². The zero-order valence-corrected chi connectivity index (χ0v) is 22.8. The van der Waals surface area contributed by atoms with Gasteiger partial charge in [0.05, 0.1) is 23.3 Å². The first-order chi connectivity index (χ1) is 19.1. The molecule has 0 aromatic carbocycles. The van der Waals surface area contributed by atoms with Crippen LogP contribution in [0.5, 0.6) is 5.88 Å². The molecule has 5 heterocycles. The van der Waals surface area contributed by atoms with Crippen molar-refractivity contribution in [1.82, 2.24) is 35.0 Å². The van der Waals surface area contributed by atoms with E-state index >= 15 is 0 Å². The fourth-order valence-corrected chi connectivity index (χ4v) is 5.89. The summed E-state index contributed by atoms with van der Waals surface area (Å²) in [4.78, 5) is 16.3. The van der Waals surface area contributed by atoms with Gasteiger partial charge >= 0.3 is 0 Å². The van der Waals surface area contributed by atoms with Crippen molar-refractivity contribution in [2.75, 3.05) is 31.6 Å². The van der Waals surface area contributed by atoms with Gasteiger partial charge in [0.1, 0.15) is 11.9 Å². The second-order valence-electron chi connectivity index (χ2n) is 10.8. The molecule has 208 valence electrons. The number of pyridine rings is 1. The number of aromatic nitrogens is 5. The van der Waals surface area contributed by atoms with Gasteiger partial charge in [0.15, 0.2) is 0 Å². The van der Waals surface area contributed by atoms with Crippen LogP contribution in [0.25, 0.3) is 10.9 Å². The number of hydrogen-bond acceptors (Lipinski definition) is 9. The van der Waals surface area contributed by atoms with Gasteiger partial charge in [-0.2, -0.15) is 5.10 Å². The summed E-state index contributed by atoms with van der Waals surface area (Å²) in [6.07, 6.45) is 12.3. The molecule has 0 amide bonds. The molecule has 3 aromatic heterocycles. The molecule has 2 N–H and O–H groups in total. The van der Waals surface area contributed by atoms with Gasteiger partial charge in [-0.1, -0.05) is 0 Å². The normalized spacial score (nSPS) is 23.9.